The van der Waals surface area contributed by atoms with Crippen molar-refractivity contribution in [2.24, 2.45) is 0 Å². The molecule has 0 unspecified atom stereocenters. The molecule has 0 fully saturated rings. The Hall–Kier alpha value is -2.82. The van der Waals surface area contributed by atoms with Crippen LogP contribution in [0.15, 0.2) is 48.5 Å². The van der Waals surface area contributed by atoms with Crippen molar-refractivity contribution in [2.75, 3.05) is 10.6 Å². The Bertz CT molecular complexity index is 795. The van der Waals surface area contributed by atoms with Gasteiger partial charge in [-0.05, 0) is 35.2 Å². The van der Waals surface area contributed by atoms with Crippen molar-refractivity contribution in [1.82, 2.24) is 9.97 Å². The van der Waals surface area contributed by atoms with Crippen molar-refractivity contribution in [3.05, 3.63) is 54.1 Å². The number of carbonyl (C=O) groups is 1. The number of amides is 2. The number of fused-ring (bicyclic) bond motifs is 1. The third-order valence-electron chi connectivity index (χ3n) is 3.63. The minimum absolute atomic E-state index is 0.0923. The number of hydrogen-bond donors (Lipinski definition) is 3. The maximum atomic E-state index is 12.1. The number of anilines is 2. The molecule has 0 saturated heterocycles. The van der Waals surface area contributed by atoms with Gasteiger partial charge in [0.15, 0.2) is 0 Å². The number of benzene rings is 2. The number of imidazole rings is 1. The molecule has 0 radical (unpaired) electrons. The van der Waals surface area contributed by atoms with E-state index in [0.717, 1.165) is 16.7 Å². The lowest BCUT2D eigenvalue weighted by atomic mass is 9.87. The van der Waals surface area contributed by atoms with E-state index in [0.29, 0.717) is 5.95 Å². The molecule has 5 nitrogen and oxygen atoms in total. The molecule has 3 rings (SSSR count). The fourth-order valence-corrected chi connectivity index (χ4v) is 2.34. The second-order valence-corrected chi connectivity index (χ2v) is 6.51. The van der Waals surface area contributed by atoms with Crippen LogP contribution in [0.5, 0.6) is 0 Å². The monoisotopic (exact) mass is 308 g/mol. The average Bonchev–Trinajstić information content (AvgIpc) is 2.88. The number of urea groups is 1. The molecule has 1 aromatic heterocycles. The summed E-state index contributed by atoms with van der Waals surface area (Å²) >= 11 is 0. The fraction of sp³-hybridized carbons (Fsp3) is 0.222. The van der Waals surface area contributed by atoms with E-state index in [2.05, 4.69) is 41.4 Å². The van der Waals surface area contributed by atoms with Gasteiger partial charge in [0.1, 0.15) is 0 Å². The molecule has 3 aromatic rings. The summed E-state index contributed by atoms with van der Waals surface area (Å²) in [4.78, 5) is 19.4. The number of carbonyl (C=O) groups excluding carboxylic acids is 1. The normalized spacial score (nSPS) is 11.4. The standard InChI is InChI=1S/C18H20N4O/c1-18(2,3)12-8-10-13(11-9-12)19-17(23)22-16-20-14-6-4-5-7-15(14)21-16/h4-11H,1-3H3,(H3,19,20,21,22,23). The van der Waals surface area contributed by atoms with Gasteiger partial charge in [-0.3, -0.25) is 5.32 Å². The summed E-state index contributed by atoms with van der Waals surface area (Å²) in [6, 6.07) is 15.2. The van der Waals surface area contributed by atoms with E-state index in [1.54, 1.807) is 0 Å². The number of H-pyrrole nitrogens is 1. The molecule has 0 atom stereocenters. The van der Waals surface area contributed by atoms with E-state index in [4.69, 9.17) is 0 Å². The van der Waals surface area contributed by atoms with Gasteiger partial charge in [0.05, 0.1) is 11.0 Å². The summed E-state index contributed by atoms with van der Waals surface area (Å²) in [5.74, 6) is 0.426. The Balaban J connectivity index is 1.67. The zero-order valence-electron chi connectivity index (χ0n) is 13.5. The number of aromatic nitrogens is 2. The Labute approximate surface area is 135 Å². The molecule has 5 heteroatoms. The number of para-hydroxylation sites is 2. The topological polar surface area (TPSA) is 69.8 Å². The van der Waals surface area contributed by atoms with Crippen LogP contribution < -0.4 is 10.6 Å². The number of rotatable bonds is 2. The molecule has 2 aromatic carbocycles. The van der Waals surface area contributed by atoms with Crippen LogP contribution in [0.4, 0.5) is 16.4 Å². The fourth-order valence-electron chi connectivity index (χ4n) is 2.34. The minimum Gasteiger partial charge on any atom is -0.324 e. The van der Waals surface area contributed by atoms with Crippen molar-refractivity contribution in [2.45, 2.75) is 26.2 Å². The highest BCUT2D eigenvalue weighted by atomic mass is 16.2. The third kappa shape index (κ3) is 3.51. The van der Waals surface area contributed by atoms with Crippen LogP contribution in [-0.4, -0.2) is 16.0 Å². The van der Waals surface area contributed by atoms with Crippen molar-refractivity contribution < 1.29 is 4.79 Å². The first kappa shape index (κ1) is 15.1. The molecule has 3 N–H and O–H groups in total. The maximum absolute atomic E-state index is 12.1. The quantitative estimate of drug-likeness (QED) is 0.652. The van der Waals surface area contributed by atoms with E-state index >= 15 is 0 Å². The van der Waals surface area contributed by atoms with E-state index in [1.165, 1.54) is 5.56 Å². The SMILES string of the molecule is CC(C)(C)c1ccc(NC(=O)Nc2nc3ccccc3[nH]2)cc1. The van der Waals surface area contributed by atoms with Crippen LogP contribution >= 0.6 is 0 Å². The van der Waals surface area contributed by atoms with E-state index < -0.39 is 0 Å². The molecule has 0 aliphatic carbocycles. The highest BCUT2D eigenvalue weighted by molar-refractivity contribution is 5.99. The van der Waals surface area contributed by atoms with Crippen molar-refractivity contribution in [3.8, 4) is 0 Å². The van der Waals surface area contributed by atoms with Gasteiger partial charge in [0.2, 0.25) is 5.95 Å². The van der Waals surface area contributed by atoms with Crippen molar-refractivity contribution >= 4 is 28.7 Å². The van der Waals surface area contributed by atoms with Crippen LogP contribution in [0.2, 0.25) is 0 Å². The average molecular weight is 308 g/mol. The predicted molar refractivity (Wildman–Crippen MR) is 93.9 cm³/mol. The largest absolute Gasteiger partial charge is 0.326 e. The van der Waals surface area contributed by atoms with Gasteiger partial charge in [-0.2, -0.15) is 0 Å². The van der Waals surface area contributed by atoms with Crippen LogP contribution in [0, 0.1) is 0 Å². The first-order chi connectivity index (χ1) is 10.9. The summed E-state index contributed by atoms with van der Waals surface area (Å²) in [5, 5.41) is 5.51. The van der Waals surface area contributed by atoms with Gasteiger partial charge in [0.25, 0.3) is 0 Å². The lowest BCUT2D eigenvalue weighted by Gasteiger charge is -2.19. The van der Waals surface area contributed by atoms with Gasteiger partial charge < -0.3 is 10.3 Å². The number of nitrogens with one attached hydrogen (secondary N) is 3. The highest BCUT2D eigenvalue weighted by Gasteiger charge is 2.13. The molecule has 0 saturated carbocycles. The van der Waals surface area contributed by atoms with Gasteiger partial charge in [-0.1, -0.05) is 45.0 Å². The first-order valence-corrected chi connectivity index (χ1v) is 7.55. The van der Waals surface area contributed by atoms with Crippen LogP contribution in [-0.2, 0) is 5.41 Å². The summed E-state index contributed by atoms with van der Waals surface area (Å²) in [5.41, 5.74) is 3.76. The molecule has 2 amide bonds. The highest BCUT2D eigenvalue weighted by Crippen LogP contribution is 2.23. The smallest absolute Gasteiger partial charge is 0.324 e. The predicted octanol–water partition coefficient (Wildman–Crippen LogP) is 4.50. The molecule has 0 aliphatic rings. The lowest BCUT2D eigenvalue weighted by molar-refractivity contribution is 0.262. The Morgan fingerprint density at radius 2 is 1.70 bits per heavy atom. The Kier molecular flexibility index (Phi) is 3.78. The molecule has 0 bridgehead atoms. The molecule has 1 heterocycles. The third-order valence-corrected chi connectivity index (χ3v) is 3.63. The summed E-state index contributed by atoms with van der Waals surface area (Å²) in [7, 11) is 0. The van der Waals surface area contributed by atoms with Crippen LogP contribution in [0.1, 0.15) is 26.3 Å². The Morgan fingerprint density at radius 3 is 2.35 bits per heavy atom. The lowest BCUT2D eigenvalue weighted by Crippen LogP contribution is -2.20. The molecule has 0 aliphatic heterocycles. The van der Waals surface area contributed by atoms with Crippen LogP contribution in [0.25, 0.3) is 11.0 Å². The zero-order valence-corrected chi connectivity index (χ0v) is 13.5. The minimum atomic E-state index is -0.326. The summed E-state index contributed by atoms with van der Waals surface area (Å²) in [6.45, 7) is 6.47. The van der Waals surface area contributed by atoms with Gasteiger partial charge in [-0.25, -0.2) is 9.78 Å². The van der Waals surface area contributed by atoms with Gasteiger partial charge >= 0.3 is 6.03 Å². The molecule has 0 spiro atoms. The van der Waals surface area contributed by atoms with Gasteiger partial charge in [0, 0.05) is 5.69 Å². The van der Waals surface area contributed by atoms with Crippen molar-refractivity contribution in [3.63, 3.8) is 0 Å². The van der Waals surface area contributed by atoms with Crippen LogP contribution in [0.3, 0.4) is 0 Å². The second kappa shape index (κ2) is 5.76. The summed E-state index contributed by atoms with van der Waals surface area (Å²) < 4.78 is 0. The maximum Gasteiger partial charge on any atom is 0.326 e. The number of hydrogen-bond acceptors (Lipinski definition) is 2. The molecule has 23 heavy (non-hydrogen) atoms. The number of nitrogens with zero attached hydrogens (tertiary/aromatic N) is 1. The summed E-state index contributed by atoms with van der Waals surface area (Å²) in [6.07, 6.45) is 0. The zero-order chi connectivity index (χ0) is 16.4. The Morgan fingerprint density at radius 1 is 1.00 bits per heavy atom. The molecular weight excluding hydrogens is 288 g/mol. The first-order valence-electron chi connectivity index (χ1n) is 7.55. The van der Waals surface area contributed by atoms with E-state index in [1.807, 2.05) is 48.5 Å². The second-order valence-electron chi connectivity index (χ2n) is 6.51. The number of aromatic amines is 1. The van der Waals surface area contributed by atoms with E-state index in [-0.39, 0.29) is 11.4 Å². The molecular formula is C18H20N4O. The molecule has 118 valence electrons. The van der Waals surface area contributed by atoms with E-state index in [9.17, 15) is 4.79 Å². The van der Waals surface area contributed by atoms with Gasteiger partial charge in [-0.15, -0.1) is 0 Å². The van der Waals surface area contributed by atoms with Crippen molar-refractivity contribution in [1.29, 1.82) is 0 Å².